The molecule has 0 aliphatic heterocycles. The molecule has 0 aliphatic carbocycles. The zero-order valence-electron chi connectivity index (χ0n) is 16.4. The molecule has 2 heterocycles. The number of ether oxygens (including phenoxy) is 1. The molecular formula is C22H18ClF2N3OS2. The molecule has 0 fully saturated rings. The second-order valence-electron chi connectivity index (χ2n) is 6.68. The molecule has 160 valence electrons. The van der Waals surface area contributed by atoms with Crippen LogP contribution in [0.5, 0.6) is 5.75 Å². The van der Waals surface area contributed by atoms with Gasteiger partial charge in [-0.2, -0.15) is 8.78 Å². The third kappa shape index (κ3) is 5.70. The van der Waals surface area contributed by atoms with Crippen LogP contribution in [0.4, 0.5) is 8.78 Å². The van der Waals surface area contributed by atoms with Crippen molar-refractivity contribution in [1.29, 1.82) is 0 Å². The van der Waals surface area contributed by atoms with Crippen LogP contribution in [-0.4, -0.2) is 21.6 Å². The highest BCUT2D eigenvalue weighted by molar-refractivity contribution is 7.98. The van der Waals surface area contributed by atoms with Gasteiger partial charge in [0.25, 0.3) is 0 Å². The standard InChI is InChI=1S/C22H18ClF2N3OS2/c1-13-19(26-9-8-20(13)30-11-14-2-4-15(23)5-3-14)12-31-22-27-17-7-6-16(29-21(24)25)10-18(17)28-22/h2-10,21H,11-12H2,1H3,(H,27,28). The van der Waals surface area contributed by atoms with Crippen molar-refractivity contribution in [3.8, 4) is 5.75 Å². The highest BCUT2D eigenvalue weighted by Crippen LogP contribution is 2.31. The Balaban J connectivity index is 1.42. The predicted molar refractivity (Wildman–Crippen MR) is 122 cm³/mol. The maximum Gasteiger partial charge on any atom is 0.387 e. The van der Waals surface area contributed by atoms with Crippen molar-refractivity contribution >= 4 is 46.2 Å². The zero-order chi connectivity index (χ0) is 21.8. The maximum atomic E-state index is 12.4. The largest absolute Gasteiger partial charge is 0.435 e. The summed E-state index contributed by atoms with van der Waals surface area (Å²) in [6.07, 6.45) is 1.82. The van der Waals surface area contributed by atoms with E-state index in [-0.39, 0.29) is 5.75 Å². The number of nitrogens with one attached hydrogen (secondary N) is 1. The lowest BCUT2D eigenvalue weighted by Crippen LogP contribution is -2.01. The monoisotopic (exact) mass is 477 g/mol. The van der Waals surface area contributed by atoms with Gasteiger partial charge in [-0.05, 0) is 48.4 Å². The predicted octanol–water partition coefficient (Wildman–Crippen LogP) is 7.11. The number of fused-ring (bicyclic) bond motifs is 1. The van der Waals surface area contributed by atoms with Crippen molar-refractivity contribution in [2.24, 2.45) is 0 Å². The molecule has 2 aromatic heterocycles. The Bertz CT molecular complexity index is 1190. The van der Waals surface area contributed by atoms with E-state index < -0.39 is 6.61 Å². The normalized spacial score (nSPS) is 11.4. The minimum Gasteiger partial charge on any atom is -0.435 e. The van der Waals surface area contributed by atoms with E-state index in [2.05, 4.69) is 26.6 Å². The maximum absolute atomic E-state index is 12.4. The number of hydrogen-bond acceptors (Lipinski definition) is 5. The van der Waals surface area contributed by atoms with E-state index in [9.17, 15) is 8.78 Å². The number of aromatic nitrogens is 3. The Morgan fingerprint density at radius 1 is 1.06 bits per heavy atom. The Morgan fingerprint density at radius 3 is 2.65 bits per heavy atom. The van der Waals surface area contributed by atoms with Gasteiger partial charge in [-0.3, -0.25) is 4.98 Å². The molecule has 4 nitrogen and oxygen atoms in total. The quantitative estimate of drug-likeness (QED) is 0.274. The number of halogens is 3. The van der Waals surface area contributed by atoms with Gasteiger partial charge in [-0.25, -0.2) is 4.98 Å². The minimum atomic E-state index is -2.85. The summed E-state index contributed by atoms with van der Waals surface area (Å²) in [5, 5.41) is 1.43. The fourth-order valence-electron chi connectivity index (χ4n) is 2.95. The molecule has 0 unspecified atom stereocenters. The number of nitrogens with zero attached hydrogens (tertiary/aromatic N) is 2. The van der Waals surface area contributed by atoms with Crippen LogP contribution in [-0.2, 0) is 11.5 Å². The van der Waals surface area contributed by atoms with Crippen LogP contribution in [0.2, 0.25) is 5.02 Å². The van der Waals surface area contributed by atoms with Gasteiger partial charge in [-0.1, -0.05) is 35.5 Å². The smallest absolute Gasteiger partial charge is 0.387 e. The van der Waals surface area contributed by atoms with E-state index >= 15 is 0 Å². The van der Waals surface area contributed by atoms with Crippen molar-refractivity contribution in [1.82, 2.24) is 15.0 Å². The van der Waals surface area contributed by atoms with Crippen molar-refractivity contribution in [2.75, 3.05) is 0 Å². The van der Waals surface area contributed by atoms with Gasteiger partial charge >= 0.3 is 6.61 Å². The van der Waals surface area contributed by atoms with E-state index in [1.165, 1.54) is 34.4 Å². The summed E-state index contributed by atoms with van der Waals surface area (Å²) in [5.74, 6) is 1.59. The number of aromatic amines is 1. The Kier molecular flexibility index (Phi) is 6.99. The Labute approximate surface area is 191 Å². The number of imidazole rings is 1. The molecule has 4 rings (SSSR count). The molecule has 31 heavy (non-hydrogen) atoms. The van der Waals surface area contributed by atoms with Gasteiger partial charge < -0.3 is 9.72 Å². The number of rotatable bonds is 8. The Morgan fingerprint density at radius 2 is 1.87 bits per heavy atom. The fourth-order valence-corrected chi connectivity index (χ4v) is 4.99. The van der Waals surface area contributed by atoms with Crippen LogP contribution < -0.4 is 4.74 Å². The van der Waals surface area contributed by atoms with E-state index in [1.807, 2.05) is 36.5 Å². The number of H-pyrrole nitrogens is 1. The van der Waals surface area contributed by atoms with Gasteiger partial charge in [0.15, 0.2) is 5.16 Å². The summed E-state index contributed by atoms with van der Waals surface area (Å²) in [6.45, 7) is -0.784. The molecule has 4 aromatic rings. The molecule has 0 radical (unpaired) electrons. The van der Waals surface area contributed by atoms with Gasteiger partial charge in [0.2, 0.25) is 0 Å². The summed E-state index contributed by atoms with van der Waals surface area (Å²) < 4.78 is 29.3. The van der Waals surface area contributed by atoms with Gasteiger partial charge in [0, 0.05) is 33.7 Å². The van der Waals surface area contributed by atoms with E-state index in [4.69, 9.17) is 11.6 Å². The highest BCUT2D eigenvalue weighted by Gasteiger charge is 2.11. The van der Waals surface area contributed by atoms with Crippen LogP contribution in [0.1, 0.15) is 16.8 Å². The van der Waals surface area contributed by atoms with E-state index in [0.29, 0.717) is 21.9 Å². The average molecular weight is 478 g/mol. The van der Waals surface area contributed by atoms with E-state index in [0.717, 1.165) is 22.0 Å². The number of thioether (sulfide) groups is 2. The van der Waals surface area contributed by atoms with Crippen LogP contribution >= 0.6 is 35.1 Å². The molecule has 2 aromatic carbocycles. The third-order valence-corrected chi connectivity index (χ3v) is 6.94. The lowest BCUT2D eigenvalue weighted by atomic mass is 10.2. The number of hydrogen-bond donors (Lipinski definition) is 1. The topological polar surface area (TPSA) is 50.8 Å². The number of pyridine rings is 1. The molecule has 1 N–H and O–H groups in total. The van der Waals surface area contributed by atoms with Crippen molar-refractivity contribution in [3.05, 3.63) is 76.6 Å². The van der Waals surface area contributed by atoms with Crippen molar-refractivity contribution in [2.45, 2.75) is 35.1 Å². The molecule has 0 saturated carbocycles. The number of benzene rings is 2. The van der Waals surface area contributed by atoms with Crippen molar-refractivity contribution in [3.63, 3.8) is 0 Å². The average Bonchev–Trinajstić information content (AvgIpc) is 3.15. The van der Waals surface area contributed by atoms with Crippen LogP contribution in [0.15, 0.2) is 64.8 Å². The summed E-state index contributed by atoms with van der Waals surface area (Å²) in [5.41, 5.74) is 4.67. The van der Waals surface area contributed by atoms with Gasteiger partial charge in [-0.15, -0.1) is 11.8 Å². The van der Waals surface area contributed by atoms with Gasteiger partial charge in [0.05, 0.1) is 16.7 Å². The first-order valence-electron chi connectivity index (χ1n) is 9.37. The van der Waals surface area contributed by atoms with Crippen LogP contribution in [0.25, 0.3) is 11.0 Å². The van der Waals surface area contributed by atoms with Crippen molar-refractivity contribution < 1.29 is 13.5 Å². The van der Waals surface area contributed by atoms with Gasteiger partial charge in [0.1, 0.15) is 5.75 Å². The molecule has 9 heteroatoms. The second-order valence-corrected chi connectivity index (χ2v) is 9.10. The number of alkyl halides is 2. The molecule has 0 saturated heterocycles. The zero-order valence-corrected chi connectivity index (χ0v) is 18.8. The molecule has 0 bridgehead atoms. The molecule has 0 atom stereocenters. The molecule has 0 spiro atoms. The summed E-state index contributed by atoms with van der Waals surface area (Å²) in [4.78, 5) is 13.4. The first kappa shape index (κ1) is 21.9. The lowest BCUT2D eigenvalue weighted by Gasteiger charge is -2.09. The minimum absolute atomic E-state index is 0.102. The first-order valence-corrected chi connectivity index (χ1v) is 11.7. The first-order chi connectivity index (χ1) is 15.0. The van der Waals surface area contributed by atoms with Crippen LogP contribution in [0, 0.1) is 6.92 Å². The van der Waals surface area contributed by atoms with E-state index in [1.54, 1.807) is 17.8 Å². The SMILES string of the molecule is Cc1c(SCc2ccc(Cl)cc2)ccnc1CSc1nc2ccc(OC(F)F)cc2[nH]1. The Hall–Kier alpha value is -2.29. The molecule has 0 aliphatic rings. The van der Waals surface area contributed by atoms with Crippen LogP contribution in [0.3, 0.4) is 0 Å². The summed E-state index contributed by atoms with van der Waals surface area (Å²) >= 11 is 9.23. The third-order valence-electron chi connectivity index (χ3n) is 4.57. The lowest BCUT2D eigenvalue weighted by molar-refractivity contribution is -0.0497. The fraction of sp³-hybridized carbons (Fsp3) is 0.182. The second kappa shape index (κ2) is 9.89. The highest BCUT2D eigenvalue weighted by atomic mass is 35.5. The molecule has 0 amide bonds. The summed E-state index contributed by atoms with van der Waals surface area (Å²) in [7, 11) is 0. The molecular weight excluding hydrogens is 460 g/mol. The summed E-state index contributed by atoms with van der Waals surface area (Å²) in [6, 6.07) is 14.5.